The van der Waals surface area contributed by atoms with Gasteiger partial charge in [0.1, 0.15) is 11.6 Å². The highest BCUT2D eigenvalue weighted by Crippen LogP contribution is 2.47. The molecule has 0 spiro atoms. The van der Waals surface area contributed by atoms with E-state index in [-0.39, 0.29) is 22.9 Å². The summed E-state index contributed by atoms with van der Waals surface area (Å²) in [5.74, 6) is -0.302. The van der Waals surface area contributed by atoms with Gasteiger partial charge in [0.05, 0.1) is 43.4 Å². The van der Waals surface area contributed by atoms with Crippen molar-refractivity contribution in [2.45, 2.75) is 61.4 Å². The van der Waals surface area contributed by atoms with E-state index in [2.05, 4.69) is 78.9 Å². The van der Waals surface area contributed by atoms with Crippen molar-refractivity contribution >= 4 is 58.6 Å². The number of anilines is 2. The molecule has 2 saturated heterocycles. The Bertz CT molecular complexity index is 2580. The fraction of sp³-hybridized carbons (Fsp3) is 0.269. The predicted molar refractivity (Wildman–Crippen MR) is 254 cm³/mol. The Balaban J connectivity index is 0.000000166. The van der Waals surface area contributed by atoms with Crippen molar-refractivity contribution in [3.05, 3.63) is 188 Å². The lowest BCUT2D eigenvalue weighted by Crippen LogP contribution is -2.36. The molecule has 6 aromatic rings. The van der Waals surface area contributed by atoms with E-state index in [4.69, 9.17) is 33.4 Å². The van der Waals surface area contributed by atoms with Crippen LogP contribution in [0.15, 0.2) is 134 Å². The molecule has 336 valence electrons. The summed E-state index contributed by atoms with van der Waals surface area (Å²) in [5.41, 5.74) is 4.81. The van der Waals surface area contributed by atoms with E-state index in [9.17, 15) is 19.2 Å². The Morgan fingerprint density at radius 3 is 1.24 bits per heavy atom. The lowest BCUT2D eigenvalue weighted by Gasteiger charge is -2.23. The van der Waals surface area contributed by atoms with Crippen LogP contribution in [0.5, 0.6) is 0 Å². The first-order valence-corrected chi connectivity index (χ1v) is 22.9. The molecule has 2 aliphatic heterocycles. The van der Waals surface area contributed by atoms with Gasteiger partial charge in [-0.2, -0.15) is 0 Å². The maximum Gasteiger partial charge on any atom is 0.335 e. The molecule has 0 radical (unpaired) electrons. The zero-order valence-corrected chi connectivity index (χ0v) is 37.5. The number of aromatic carboxylic acids is 2. The summed E-state index contributed by atoms with van der Waals surface area (Å²) in [5, 5.41) is 25.5. The largest absolute Gasteiger partial charge is 0.478 e. The topological polar surface area (TPSA) is 165 Å². The number of pyridine rings is 2. The van der Waals surface area contributed by atoms with Crippen LogP contribution in [0.1, 0.15) is 114 Å². The Morgan fingerprint density at radius 2 is 0.909 bits per heavy atom. The van der Waals surface area contributed by atoms with Gasteiger partial charge in [0.25, 0.3) is 11.8 Å². The molecule has 4 N–H and O–H groups in total. The average Bonchev–Trinajstić information content (AvgIpc) is 4.18. The number of nitrogens with zero attached hydrogens (tertiary/aromatic N) is 4. The first kappa shape index (κ1) is 44.4. The second kappa shape index (κ2) is 18.6. The first-order chi connectivity index (χ1) is 31.9. The molecule has 4 aromatic carbocycles. The van der Waals surface area contributed by atoms with Crippen molar-refractivity contribution in [1.82, 2.24) is 20.6 Å². The number of hydrogen-bond acceptors (Lipinski definition) is 8. The van der Waals surface area contributed by atoms with Crippen LogP contribution in [-0.2, 0) is 11.1 Å². The number of halogens is 2. The summed E-state index contributed by atoms with van der Waals surface area (Å²) >= 11 is 12.5. The summed E-state index contributed by atoms with van der Waals surface area (Å²) in [6, 6.07) is 37.6. The standard InChI is InChI=1S/2C26H24ClN3O3/c2*27-21-14-22(23(28-15-21)30-13-10-19(16-30)17-4-2-1-3-5-17)24(31)29-26(11-12-26)20-8-6-18(7-9-20)25(32)33/h2*1-9,14-15,19H,10-13,16H2,(H,29,31)(H,32,33). The van der Waals surface area contributed by atoms with Crippen molar-refractivity contribution in [2.75, 3.05) is 36.0 Å². The van der Waals surface area contributed by atoms with Gasteiger partial charge in [0.2, 0.25) is 0 Å². The molecule has 2 amide bonds. The lowest BCUT2D eigenvalue weighted by molar-refractivity contribution is 0.0686. The number of carboxylic acids is 2. The normalized spacial score (nSPS) is 18.7. The Kier molecular flexibility index (Phi) is 12.5. The fourth-order valence-corrected chi connectivity index (χ4v) is 9.57. The molecular formula is C52H48Cl2N6O6. The zero-order valence-electron chi connectivity index (χ0n) is 36.0. The number of benzene rings is 4. The van der Waals surface area contributed by atoms with Crippen LogP contribution in [0.3, 0.4) is 0 Å². The molecule has 10 rings (SSSR count). The van der Waals surface area contributed by atoms with E-state index >= 15 is 0 Å². The van der Waals surface area contributed by atoms with Crippen LogP contribution in [0.4, 0.5) is 11.6 Å². The van der Waals surface area contributed by atoms with Crippen LogP contribution in [0, 0.1) is 0 Å². The van der Waals surface area contributed by atoms with Crippen LogP contribution in [0.25, 0.3) is 0 Å². The van der Waals surface area contributed by atoms with Gasteiger partial charge in [-0.05, 0) is 97.2 Å². The molecule has 2 aliphatic carbocycles. The van der Waals surface area contributed by atoms with Crippen LogP contribution in [-0.4, -0.2) is 70.1 Å². The van der Waals surface area contributed by atoms with E-state index in [1.165, 1.54) is 11.1 Å². The van der Waals surface area contributed by atoms with Gasteiger partial charge in [0, 0.05) is 50.4 Å². The fourth-order valence-electron chi connectivity index (χ4n) is 9.26. The Labute approximate surface area is 392 Å². The SMILES string of the molecule is O=C(O)c1ccc(C2(NC(=O)c3cc(Cl)cnc3N3CCC(c4ccccc4)C3)CC2)cc1.O=C(O)c1ccc(C2(NC(=O)c3cc(Cl)cnc3N3CCC(c4ccccc4)C3)CC2)cc1. The number of hydrogen-bond donors (Lipinski definition) is 4. The third kappa shape index (κ3) is 9.61. The van der Waals surface area contributed by atoms with Crippen LogP contribution < -0.4 is 20.4 Å². The second-order valence-electron chi connectivity index (χ2n) is 17.6. The van der Waals surface area contributed by atoms with Gasteiger partial charge in [-0.1, -0.05) is 108 Å². The van der Waals surface area contributed by atoms with Crippen LogP contribution in [0.2, 0.25) is 10.0 Å². The molecule has 2 aromatic heterocycles. The van der Waals surface area contributed by atoms with Crippen molar-refractivity contribution < 1.29 is 29.4 Å². The lowest BCUT2D eigenvalue weighted by atomic mass is 9.99. The van der Waals surface area contributed by atoms with Gasteiger partial charge in [0.15, 0.2) is 0 Å². The monoisotopic (exact) mass is 922 g/mol. The van der Waals surface area contributed by atoms with E-state index in [0.29, 0.717) is 44.6 Å². The Hall–Kier alpha value is -6.76. The number of aromatic nitrogens is 2. The molecule has 4 heterocycles. The summed E-state index contributed by atoms with van der Waals surface area (Å²) in [7, 11) is 0. The summed E-state index contributed by atoms with van der Waals surface area (Å²) < 4.78 is 0. The summed E-state index contributed by atoms with van der Waals surface area (Å²) in [6.45, 7) is 3.22. The van der Waals surface area contributed by atoms with Crippen LogP contribution >= 0.6 is 23.2 Å². The van der Waals surface area contributed by atoms with Crippen molar-refractivity contribution in [1.29, 1.82) is 0 Å². The molecular weight excluding hydrogens is 876 g/mol. The van der Waals surface area contributed by atoms with E-state index in [1.54, 1.807) is 73.1 Å². The highest BCUT2D eigenvalue weighted by atomic mass is 35.5. The average molecular weight is 924 g/mol. The quantitative estimate of drug-likeness (QED) is 0.0929. The number of carbonyl (C=O) groups is 4. The number of carbonyl (C=O) groups excluding carboxylic acids is 2. The van der Waals surface area contributed by atoms with E-state index < -0.39 is 23.0 Å². The number of rotatable bonds is 12. The maximum atomic E-state index is 13.4. The van der Waals surface area contributed by atoms with Crippen molar-refractivity contribution in [3.8, 4) is 0 Å². The van der Waals surface area contributed by atoms with Crippen molar-refractivity contribution in [3.63, 3.8) is 0 Å². The number of nitrogens with one attached hydrogen (secondary N) is 2. The molecule has 12 nitrogen and oxygen atoms in total. The molecule has 0 bridgehead atoms. The van der Waals surface area contributed by atoms with Crippen molar-refractivity contribution in [2.24, 2.45) is 0 Å². The first-order valence-electron chi connectivity index (χ1n) is 22.1. The van der Waals surface area contributed by atoms with Gasteiger partial charge >= 0.3 is 11.9 Å². The highest BCUT2D eigenvalue weighted by molar-refractivity contribution is 6.31. The third-order valence-electron chi connectivity index (χ3n) is 13.2. The molecule has 2 saturated carbocycles. The van der Waals surface area contributed by atoms with Gasteiger partial charge < -0.3 is 30.6 Å². The zero-order chi connectivity index (χ0) is 46.0. The molecule has 66 heavy (non-hydrogen) atoms. The summed E-state index contributed by atoms with van der Waals surface area (Å²) in [4.78, 5) is 62.5. The molecule has 14 heteroatoms. The molecule has 2 atom stereocenters. The third-order valence-corrected chi connectivity index (χ3v) is 13.7. The maximum absolute atomic E-state index is 13.4. The van der Waals surface area contributed by atoms with Gasteiger partial charge in [-0.25, -0.2) is 19.6 Å². The summed E-state index contributed by atoms with van der Waals surface area (Å²) in [6.07, 6.45) is 8.36. The highest BCUT2D eigenvalue weighted by Gasteiger charge is 2.47. The minimum atomic E-state index is -0.968. The minimum absolute atomic E-state index is 0.219. The molecule has 4 fully saturated rings. The molecule has 2 unspecified atom stereocenters. The second-order valence-corrected chi connectivity index (χ2v) is 18.4. The smallest absolute Gasteiger partial charge is 0.335 e. The Morgan fingerprint density at radius 1 is 0.545 bits per heavy atom. The number of carboxylic acid groups (broad SMARTS) is 2. The van der Waals surface area contributed by atoms with E-state index in [0.717, 1.165) is 75.8 Å². The molecule has 4 aliphatic rings. The number of amides is 2. The van der Waals surface area contributed by atoms with E-state index in [1.807, 2.05) is 12.1 Å². The van der Waals surface area contributed by atoms with Gasteiger partial charge in [-0.15, -0.1) is 0 Å². The minimum Gasteiger partial charge on any atom is -0.478 e. The van der Waals surface area contributed by atoms with Gasteiger partial charge in [-0.3, -0.25) is 9.59 Å². The predicted octanol–water partition coefficient (Wildman–Crippen LogP) is 9.69.